The van der Waals surface area contributed by atoms with E-state index in [0.29, 0.717) is 12.8 Å². The van der Waals surface area contributed by atoms with Crippen molar-refractivity contribution in [1.29, 1.82) is 0 Å². The van der Waals surface area contributed by atoms with Crippen molar-refractivity contribution in [3.8, 4) is 0 Å². The van der Waals surface area contributed by atoms with Crippen molar-refractivity contribution in [3.63, 3.8) is 0 Å². The maximum Gasteiger partial charge on any atom is 0.227 e. The number of carbonyl (C=O) groups is 2. The number of hydrogen-bond acceptors (Lipinski definition) is 3. The zero-order valence-corrected chi connectivity index (χ0v) is 15.7. The fourth-order valence-electron chi connectivity index (χ4n) is 3.94. The fourth-order valence-corrected chi connectivity index (χ4v) is 3.94. The second-order valence-electron chi connectivity index (χ2n) is 7.30. The highest BCUT2D eigenvalue weighted by atomic mass is 16.2. The van der Waals surface area contributed by atoms with E-state index in [1.54, 1.807) is 4.90 Å². The number of fused-ring (bicyclic) bond motifs is 1. The van der Waals surface area contributed by atoms with Crippen molar-refractivity contribution in [3.05, 3.63) is 59.7 Å². The lowest BCUT2D eigenvalue weighted by Crippen LogP contribution is -2.49. The third-order valence-electron chi connectivity index (χ3n) is 5.60. The summed E-state index contributed by atoms with van der Waals surface area (Å²) < 4.78 is 0. The second kappa shape index (κ2) is 7.43. The molecule has 2 aliphatic heterocycles. The molecular formula is C22H25N3O2. The lowest BCUT2D eigenvalue weighted by molar-refractivity contribution is -0.130. The van der Waals surface area contributed by atoms with Gasteiger partial charge in [-0.1, -0.05) is 30.3 Å². The van der Waals surface area contributed by atoms with Crippen molar-refractivity contribution >= 4 is 23.2 Å². The molecule has 0 spiro atoms. The van der Waals surface area contributed by atoms with E-state index >= 15 is 0 Å². The van der Waals surface area contributed by atoms with Gasteiger partial charge in [0.25, 0.3) is 0 Å². The van der Waals surface area contributed by atoms with Gasteiger partial charge in [0.15, 0.2) is 0 Å². The molecule has 0 aromatic heterocycles. The largest absolute Gasteiger partial charge is 0.368 e. The first-order valence-corrected chi connectivity index (χ1v) is 9.58. The van der Waals surface area contributed by atoms with Crippen LogP contribution in [0.15, 0.2) is 48.5 Å². The van der Waals surface area contributed by atoms with Crippen LogP contribution in [0.25, 0.3) is 0 Å². The average Bonchev–Trinajstić information content (AvgIpc) is 2.71. The lowest BCUT2D eigenvalue weighted by atomic mass is 10.0. The van der Waals surface area contributed by atoms with Crippen LogP contribution < -0.4 is 9.80 Å². The fraction of sp³-hybridized carbons (Fsp3) is 0.364. The number of hydrogen-bond donors (Lipinski definition) is 0. The van der Waals surface area contributed by atoms with Gasteiger partial charge >= 0.3 is 0 Å². The minimum atomic E-state index is 0.181. The number of piperazine rings is 1. The number of nitrogens with zero attached hydrogens (tertiary/aromatic N) is 3. The minimum Gasteiger partial charge on any atom is -0.368 e. The van der Waals surface area contributed by atoms with E-state index < -0.39 is 0 Å². The molecule has 1 fully saturated rings. The molecule has 5 heteroatoms. The van der Waals surface area contributed by atoms with Crippen LogP contribution >= 0.6 is 0 Å². The first kappa shape index (κ1) is 17.6. The maximum absolute atomic E-state index is 12.5. The number of carbonyl (C=O) groups excluding carboxylic acids is 2. The Hall–Kier alpha value is -2.82. The molecule has 5 nitrogen and oxygen atoms in total. The van der Waals surface area contributed by atoms with Gasteiger partial charge in [0.1, 0.15) is 0 Å². The van der Waals surface area contributed by atoms with Gasteiger partial charge in [0.05, 0.1) is 6.42 Å². The first-order valence-electron chi connectivity index (χ1n) is 9.58. The Morgan fingerprint density at radius 3 is 2.44 bits per heavy atom. The molecule has 2 aliphatic rings. The SMILES string of the molecule is CN1C(=O)CCc2cc(N3CCN(C(=O)Cc4ccccc4)CC3)ccc21. The molecule has 0 radical (unpaired) electrons. The van der Waals surface area contributed by atoms with Crippen LogP contribution in [-0.4, -0.2) is 49.9 Å². The summed E-state index contributed by atoms with van der Waals surface area (Å²) in [5.74, 6) is 0.382. The highest BCUT2D eigenvalue weighted by molar-refractivity contribution is 5.96. The van der Waals surface area contributed by atoms with Gasteiger partial charge in [-0.2, -0.15) is 0 Å². The van der Waals surface area contributed by atoms with E-state index in [2.05, 4.69) is 23.1 Å². The number of amides is 2. The van der Waals surface area contributed by atoms with Gasteiger partial charge < -0.3 is 14.7 Å². The normalized spacial score (nSPS) is 17.1. The van der Waals surface area contributed by atoms with Crippen LogP contribution in [0.1, 0.15) is 17.5 Å². The third kappa shape index (κ3) is 3.68. The van der Waals surface area contributed by atoms with E-state index in [9.17, 15) is 9.59 Å². The summed E-state index contributed by atoms with van der Waals surface area (Å²) in [7, 11) is 1.84. The Bertz CT molecular complexity index is 842. The zero-order chi connectivity index (χ0) is 18.8. The van der Waals surface area contributed by atoms with Crippen LogP contribution in [0.4, 0.5) is 11.4 Å². The van der Waals surface area contributed by atoms with Crippen LogP contribution in [0, 0.1) is 0 Å². The minimum absolute atomic E-state index is 0.181. The van der Waals surface area contributed by atoms with Crippen molar-refractivity contribution in [2.24, 2.45) is 0 Å². The van der Waals surface area contributed by atoms with E-state index in [4.69, 9.17) is 0 Å². The molecule has 0 unspecified atom stereocenters. The third-order valence-corrected chi connectivity index (χ3v) is 5.60. The van der Waals surface area contributed by atoms with E-state index in [0.717, 1.165) is 43.9 Å². The summed E-state index contributed by atoms with van der Waals surface area (Å²) in [6.07, 6.45) is 1.86. The standard InChI is InChI=1S/C22H25N3O2/c1-23-20-9-8-19(16-18(20)7-10-21(23)26)24-11-13-25(14-12-24)22(27)15-17-5-3-2-4-6-17/h2-6,8-9,16H,7,10-15H2,1H3. The molecule has 0 bridgehead atoms. The number of aryl methyl sites for hydroxylation is 1. The molecule has 140 valence electrons. The summed E-state index contributed by atoms with van der Waals surface area (Å²) in [6, 6.07) is 16.3. The van der Waals surface area contributed by atoms with Crippen LogP contribution in [0.5, 0.6) is 0 Å². The smallest absolute Gasteiger partial charge is 0.227 e. The maximum atomic E-state index is 12.5. The molecule has 0 saturated carbocycles. The summed E-state index contributed by atoms with van der Waals surface area (Å²) in [6.45, 7) is 3.18. The van der Waals surface area contributed by atoms with E-state index in [1.165, 1.54) is 11.3 Å². The Labute approximate surface area is 160 Å². The average molecular weight is 363 g/mol. The van der Waals surface area contributed by atoms with Crippen LogP contribution in [0.3, 0.4) is 0 Å². The molecule has 0 aliphatic carbocycles. The molecule has 4 rings (SSSR count). The predicted octanol–water partition coefficient (Wildman–Crippen LogP) is 2.49. The topological polar surface area (TPSA) is 43.9 Å². The molecule has 0 N–H and O–H groups in total. The number of anilines is 2. The van der Waals surface area contributed by atoms with Gasteiger partial charge in [0, 0.05) is 51.0 Å². The molecule has 2 heterocycles. The molecule has 2 aromatic carbocycles. The molecule has 27 heavy (non-hydrogen) atoms. The number of benzene rings is 2. The summed E-state index contributed by atoms with van der Waals surface area (Å²) in [5.41, 5.74) is 4.51. The van der Waals surface area contributed by atoms with Gasteiger partial charge in [-0.15, -0.1) is 0 Å². The molecule has 1 saturated heterocycles. The summed E-state index contributed by atoms with van der Waals surface area (Å²) >= 11 is 0. The van der Waals surface area contributed by atoms with Crippen molar-refractivity contribution in [1.82, 2.24) is 4.90 Å². The molecule has 0 atom stereocenters. The van der Waals surface area contributed by atoms with Crippen LogP contribution in [0.2, 0.25) is 0 Å². The Kier molecular flexibility index (Phi) is 4.84. The molecular weight excluding hydrogens is 338 g/mol. The molecule has 2 amide bonds. The van der Waals surface area contributed by atoms with E-state index in [-0.39, 0.29) is 11.8 Å². The highest BCUT2D eigenvalue weighted by Crippen LogP contribution is 2.31. The highest BCUT2D eigenvalue weighted by Gasteiger charge is 2.24. The predicted molar refractivity (Wildman–Crippen MR) is 107 cm³/mol. The van der Waals surface area contributed by atoms with Gasteiger partial charge in [-0.25, -0.2) is 0 Å². The van der Waals surface area contributed by atoms with Crippen molar-refractivity contribution in [2.75, 3.05) is 43.0 Å². The molecule has 2 aromatic rings. The van der Waals surface area contributed by atoms with Gasteiger partial charge in [0.2, 0.25) is 11.8 Å². The van der Waals surface area contributed by atoms with Gasteiger partial charge in [-0.05, 0) is 35.7 Å². The lowest BCUT2D eigenvalue weighted by Gasteiger charge is -2.37. The quantitative estimate of drug-likeness (QED) is 0.842. The second-order valence-corrected chi connectivity index (χ2v) is 7.30. The Morgan fingerprint density at radius 1 is 0.963 bits per heavy atom. The Morgan fingerprint density at radius 2 is 1.70 bits per heavy atom. The van der Waals surface area contributed by atoms with Crippen molar-refractivity contribution < 1.29 is 9.59 Å². The zero-order valence-electron chi connectivity index (χ0n) is 15.7. The summed E-state index contributed by atoms with van der Waals surface area (Å²) in [4.78, 5) is 30.4. The van der Waals surface area contributed by atoms with E-state index in [1.807, 2.05) is 42.3 Å². The monoisotopic (exact) mass is 363 g/mol. The number of rotatable bonds is 3. The van der Waals surface area contributed by atoms with Crippen molar-refractivity contribution in [2.45, 2.75) is 19.3 Å². The van der Waals surface area contributed by atoms with Gasteiger partial charge in [-0.3, -0.25) is 9.59 Å². The Balaban J connectivity index is 1.38. The summed E-state index contributed by atoms with van der Waals surface area (Å²) in [5, 5.41) is 0. The first-order chi connectivity index (χ1) is 13.1. The van der Waals surface area contributed by atoms with Crippen LogP contribution in [-0.2, 0) is 22.4 Å².